The Morgan fingerprint density at radius 1 is 1.21 bits per heavy atom. The molecule has 1 aromatic carbocycles. The molecule has 0 bridgehead atoms. The molecule has 9 heteroatoms. The van der Waals surface area contributed by atoms with Gasteiger partial charge in [-0.05, 0) is 54.9 Å². The number of anilines is 1. The second kappa shape index (κ2) is 11.2. The highest BCUT2D eigenvalue weighted by Gasteiger charge is 2.37. The molecule has 1 fully saturated rings. The summed E-state index contributed by atoms with van der Waals surface area (Å²) in [6.07, 6.45) is 5.11. The van der Waals surface area contributed by atoms with Gasteiger partial charge in [0, 0.05) is 49.0 Å². The second-order valence-corrected chi connectivity index (χ2v) is 10.9. The highest BCUT2D eigenvalue weighted by atomic mass is 35.5. The topological polar surface area (TPSA) is 78.7 Å². The summed E-state index contributed by atoms with van der Waals surface area (Å²) in [5.41, 5.74) is 0.210. The minimum absolute atomic E-state index is 0.0218. The van der Waals surface area contributed by atoms with Crippen molar-refractivity contribution in [2.24, 2.45) is 16.3 Å². The third kappa shape index (κ3) is 7.08. The van der Waals surface area contributed by atoms with Crippen LogP contribution >= 0.6 is 22.9 Å². The lowest BCUT2D eigenvalue weighted by Crippen LogP contribution is -2.56. The van der Waals surface area contributed by atoms with Crippen LogP contribution in [0.25, 0.3) is 0 Å². The van der Waals surface area contributed by atoms with Crippen LogP contribution in [0.5, 0.6) is 0 Å². The number of likely N-dealkylation sites (tertiary alicyclic amines) is 1. The molecule has 1 aliphatic rings. The highest BCUT2D eigenvalue weighted by Crippen LogP contribution is 2.26. The smallest absolute Gasteiger partial charge is 0.319 e. The van der Waals surface area contributed by atoms with Gasteiger partial charge < -0.3 is 20.1 Å². The summed E-state index contributed by atoms with van der Waals surface area (Å²) >= 11 is 7.56. The Balaban J connectivity index is 1.54. The summed E-state index contributed by atoms with van der Waals surface area (Å²) in [7, 11) is 1.82. The number of nitrogens with zero attached hydrogens (tertiary/aromatic N) is 3. The average molecular weight is 492 g/mol. The quantitative estimate of drug-likeness (QED) is 0.619. The Morgan fingerprint density at radius 2 is 1.88 bits per heavy atom. The van der Waals surface area contributed by atoms with Crippen molar-refractivity contribution in [2.45, 2.75) is 52.6 Å². The zero-order chi connectivity index (χ0) is 24.0. The maximum Gasteiger partial charge on any atom is 0.319 e. The Morgan fingerprint density at radius 3 is 2.48 bits per heavy atom. The lowest BCUT2D eigenvalue weighted by molar-refractivity contribution is -0.137. The predicted octanol–water partition coefficient (Wildman–Crippen LogP) is 4.60. The summed E-state index contributed by atoms with van der Waals surface area (Å²) in [5.74, 6) is 0.562. The number of aryl methyl sites for hydroxylation is 1. The van der Waals surface area contributed by atoms with Crippen LogP contribution in [0.2, 0.25) is 5.02 Å². The van der Waals surface area contributed by atoms with E-state index in [0.717, 1.165) is 43.7 Å². The summed E-state index contributed by atoms with van der Waals surface area (Å²) < 4.78 is 2.20. The number of hydrogen-bond donors (Lipinski definition) is 2. The minimum atomic E-state index is -0.614. The van der Waals surface area contributed by atoms with E-state index in [-0.39, 0.29) is 5.91 Å². The van der Waals surface area contributed by atoms with Gasteiger partial charge in [-0.25, -0.2) is 4.79 Å². The first-order valence-electron chi connectivity index (χ1n) is 11.4. The van der Waals surface area contributed by atoms with Gasteiger partial charge in [-0.3, -0.25) is 9.79 Å². The number of hydrogen-bond acceptors (Lipinski definition) is 4. The molecule has 0 radical (unpaired) electrons. The van der Waals surface area contributed by atoms with E-state index in [4.69, 9.17) is 11.6 Å². The van der Waals surface area contributed by atoms with Crippen LogP contribution in [0.4, 0.5) is 10.5 Å². The van der Waals surface area contributed by atoms with Gasteiger partial charge in [-0.15, -0.1) is 11.3 Å². The monoisotopic (exact) mass is 491 g/mol. The largest absolute Gasteiger partial charge is 0.341 e. The van der Waals surface area contributed by atoms with E-state index in [0.29, 0.717) is 16.6 Å². The van der Waals surface area contributed by atoms with Gasteiger partial charge in [0.2, 0.25) is 5.91 Å². The third-order valence-corrected chi connectivity index (χ3v) is 7.18. The molecule has 2 aromatic rings. The zero-order valence-electron chi connectivity index (χ0n) is 19.8. The van der Waals surface area contributed by atoms with Crippen LogP contribution in [0.15, 0.2) is 40.8 Å². The molecule has 0 saturated carbocycles. The molecule has 0 spiro atoms. The number of urea groups is 1. The molecule has 1 saturated heterocycles. The number of carbonyl (C=O) groups is 2. The Bertz CT molecular complexity index is 1000. The second-order valence-electron chi connectivity index (χ2n) is 9.56. The van der Waals surface area contributed by atoms with Crippen molar-refractivity contribution in [2.75, 3.05) is 25.5 Å². The van der Waals surface area contributed by atoms with Crippen LogP contribution in [0.3, 0.4) is 0 Å². The van der Waals surface area contributed by atoms with Crippen LogP contribution in [-0.2, 0) is 11.3 Å². The van der Waals surface area contributed by atoms with Crippen molar-refractivity contribution in [3.05, 3.63) is 45.7 Å². The number of amides is 3. The van der Waals surface area contributed by atoms with Crippen LogP contribution in [-0.4, -0.2) is 47.6 Å². The molecule has 2 heterocycles. The number of thiazole rings is 1. The summed E-state index contributed by atoms with van der Waals surface area (Å²) in [5, 5.41) is 8.35. The number of benzene rings is 1. The molecule has 0 aliphatic carbocycles. The van der Waals surface area contributed by atoms with E-state index in [1.54, 1.807) is 35.6 Å². The number of aromatic nitrogens is 1. The molecule has 3 amide bonds. The lowest BCUT2D eigenvalue weighted by Gasteiger charge is -2.38. The molecular weight excluding hydrogens is 458 g/mol. The fourth-order valence-corrected chi connectivity index (χ4v) is 4.92. The molecule has 1 aromatic heterocycles. The fourth-order valence-electron chi connectivity index (χ4n) is 4.07. The van der Waals surface area contributed by atoms with Gasteiger partial charge in [0.15, 0.2) is 4.80 Å². The van der Waals surface area contributed by atoms with Crippen molar-refractivity contribution in [3.8, 4) is 0 Å². The highest BCUT2D eigenvalue weighted by molar-refractivity contribution is 7.07. The molecule has 1 atom stereocenters. The summed E-state index contributed by atoms with van der Waals surface area (Å²) in [6, 6.07) is 5.87. The van der Waals surface area contributed by atoms with Gasteiger partial charge in [-0.1, -0.05) is 32.4 Å². The molecule has 33 heavy (non-hydrogen) atoms. The van der Waals surface area contributed by atoms with Gasteiger partial charge in [0.25, 0.3) is 0 Å². The van der Waals surface area contributed by atoms with E-state index in [2.05, 4.69) is 31.8 Å². The molecule has 7 nitrogen and oxygen atoms in total. The molecule has 2 N–H and O–H groups in total. The van der Waals surface area contributed by atoms with Gasteiger partial charge in [0.1, 0.15) is 6.04 Å². The first kappa shape index (κ1) is 25.3. The van der Waals surface area contributed by atoms with E-state index < -0.39 is 17.5 Å². The average Bonchev–Trinajstić information content (AvgIpc) is 3.24. The zero-order valence-corrected chi connectivity index (χ0v) is 21.4. The van der Waals surface area contributed by atoms with Crippen molar-refractivity contribution in [1.29, 1.82) is 0 Å². The minimum Gasteiger partial charge on any atom is -0.341 e. The van der Waals surface area contributed by atoms with Gasteiger partial charge >= 0.3 is 6.03 Å². The van der Waals surface area contributed by atoms with Crippen molar-refractivity contribution in [3.63, 3.8) is 0 Å². The first-order chi connectivity index (χ1) is 15.7. The lowest BCUT2D eigenvalue weighted by atomic mass is 9.85. The summed E-state index contributed by atoms with van der Waals surface area (Å²) in [4.78, 5) is 33.2. The van der Waals surface area contributed by atoms with E-state index in [1.807, 2.05) is 32.7 Å². The number of carbonyl (C=O) groups excluding carboxylic acids is 2. The first-order valence-corrected chi connectivity index (χ1v) is 12.6. The normalized spacial score (nSPS) is 16.5. The van der Waals surface area contributed by atoms with Crippen LogP contribution < -0.4 is 15.4 Å². The molecule has 0 unspecified atom stereocenters. The fraction of sp³-hybridized carbons (Fsp3) is 0.542. The van der Waals surface area contributed by atoms with E-state index in [9.17, 15) is 9.59 Å². The van der Waals surface area contributed by atoms with E-state index >= 15 is 0 Å². The van der Waals surface area contributed by atoms with Crippen LogP contribution in [0, 0.1) is 11.3 Å². The number of halogens is 1. The van der Waals surface area contributed by atoms with Crippen LogP contribution in [0.1, 0.15) is 40.0 Å². The predicted molar refractivity (Wildman–Crippen MR) is 135 cm³/mol. The standard InChI is InChI=1S/C24H34ClN5O2S/c1-24(2,3)20(28-22(32)27-19-7-5-18(25)6-8-19)21(31)29-12-9-17(10-13-29)11-14-30-15-16-33-23(30)26-4/h5-8,15-17,20H,9-14H2,1-4H3,(H2,27,28,32)/t20-/m0/s1. The third-order valence-electron chi connectivity index (χ3n) is 6.05. The molecule has 3 rings (SSSR count). The molecule has 1 aliphatic heterocycles. The Labute approximate surface area is 204 Å². The number of piperidine rings is 1. The van der Waals surface area contributed by atoms with Crippen molar-refractivity contribution >= 4 is 40.6 Å². The van der Waals surface area contributed by atoms with Crippen molar-refractivity contribution < 1.29 is 9.59 Å². The maximum atomic E-state index is 13.4. The van der Waals surface area contributed by atoms with Gasteiger partial charge in [0.05, 0.1) is 0 Å². The maximum absolute atomic E-state index is 13.4. The molecule has 180 valence electrons. The number of rotatable bonds is 6. The van der Waals surface area contributed by atoms with Crippen molar-refractivity contribution in [1.82, 2.24) is 14.8 Å². The Kier molecular flexibility index (Phi) is 8.59. The Hall–Kier alpha value is -2.32. The number of nitrogens with one attached hydrogen (secondary N) is 2. The van der Waals surface area contributed by atoms with Gasteiger partial charge in [-0.2, -0.15) is 0 Å². The molecular formula is C24H34ClN5O2S. The SMILES string of the molecule is CN=c1sccn1CCC1CCN(C(=O)[C@H](NC(=O)Nc2ccc(Cl)cc2)C(C)(C)C)CC1. The van der Waals surface area contributed by atoms with E-state index in [1.165, 1.54) is 0 Å². The summed E-state index contributed by atoms with van der Waals surface area (Å²) in [6.45, 7) is 8.30.